The van der Waals surface area contributed by atoms with Gasteiger partial charge < -0.3 is 18.8 Å². The van der Waals surface area contributed by atoms with E-state index in [-0.39, 0.29) is 0 Å². The average molecular weight is 641 g/mol. The highest BCUT2D eigenvalue weighted by atomic mass is 16.5. The minimum atomic E-state index is 0.649. The van der Waals surface area contributed by atoms with Gasteiger partial charge in [0.25, 0.3) is 0 Å². The lowest BCUT2D eigenvalue weighted by Gasteiger charge is -2.17. The fraction of sp³-hybridized carbons (Fsp3) is 0.525. The second-order valence-electron chi connectivity index (χ2n) is 12.6. The summed E-state index contributed by atoms with van der Waals surface area (Å²) in [6, 6.07) is 21.3. The SMILES string of the molecule is CC.CCCCn1c(-c2ccc(OCCc3ccc(C)cc3)cc2)nc2c(OCCN3CCCC3)cc(OCCN3CCCC3)cc21. The Kier molecular flexibility index (Phi) is 13.4. The molecule has 0 atom stereocenters. The van der Waals surface area contributed by atoms with Crippen LogP contribution < -0.4 is 14.2 Å². The first-order valence-electron chi connectivity index (χ1n) is 18.2. The Labute approximate surface area is 282 Å². The molecule has 0 saturated carbocycles. The molecule has 4 aromatic rings. The summed E-state index contributed by atoms with van der Waals surface area (Å²) in [6.45, 7) is 17.8. The van der Waals surface area contributed by atoms with Crippen molar-refractivity contribution in [3.8, 4) is 28.6 Å². The van der Waals surface area contributed by atoms with Gasteiger partial charge in [0.2, 0.25) is 0 Å². The van der Waals surface area contributed by atoms with Crippen LogP contribution in [0.3, 0.4) is 0 Å². The summed E-state index contributed by atoms with van der Waals surface area (Å²) in [7, 11) is 0. The Morgan fingerprint density at radius 1 is 0.681 bits per heavy atom. The molecule has 0 aliphatic carbocycles. The Bertz CT molecular complexity index is 1490. The summed E-state index contributed by atoms with van der Waals surface area (Å²) in [4.78, 5) is 10.2. The predicted octanol–water partition coefficient (Wildman–Crippen LogP) is 8.41. The number of aryl methyl sites for hydroxylation is 2. The summed E-state index contributed by atoms with van der Waals surface area (Å²) in [6.07, 6.45) is 8.22. The van der Waals surface area contributed by atoms with E-state index in [0.29, 0.717) is 19.8 Å². The van der Waals surface area contributed by atoms with Crippen LogP contribution in [0.1, 0.15) is 70.4 Å². The minimum absolute atomic E-state index is 0.649. The van der Waals surface area contributed by atoms with Crippen LogP contribution in [0.2, 0.25) is 0 Å². The highest BCUT2D eigenvalue weighted by Crippen LogP contribution is 2.35. The lowest BCUT2D eigenvalue weighted by molar-refractivity contribution is 0.231. The largest absolute Gasteiger partial charge is 0.493 e. The van der Waals surface area contributed by atoms with Gasteiger partial charge in [0.05, 0.1) is 12.1 Å². The number of ether oxygens (including phenoxy) is 3. The quantitative estimate of drug-likeness (QED) is 0.123. The van der Waals surface area contributed by atoms with E-state index < -0.39 is 0 Å². The molecule has 0 bridgehead atoms. The Morgan fingerprint density at radius 3 is 1.94 bits per heavy atom. The fourth-order valence-corrected chi connectivity index (χ4v) is 6.45. The zero-order valence-electron chi connectivity index (χ0n) is 29.3. The third kappa shape index (κ3) is 9.74. The first-order chi connectivity index (χ1) is 23.2. The monoisotopic (exact) mass is 640 g/mol. The summed E-state index contributed by atoms with van der Waals surface area (Å²) in [5.74, 6) is 3.51. The molecular weight excluding hydrogens is 584 g/mol. The van der Waals surface area contributed by atoms with Crippen LogP contribution in [0.4, 0.5) is 0 Å². The number of likely N-dealkylation sites (tertiary alicyclic amines) is 2. The van der Waals surface area contributed by atoms with E-state index >= 15 is 0 Å². The van der Waals surface area contributed by atoms with E-state index in [1.54, 1.807) is 0 Å². The molecule has 254 valence electrons. The summed E-state index contributed by atoms with van der Waals surface area (Å²) >= 11 is 0. The Hall–Kier alpha value is -3.55. The van der Waals surface area contributed by atoms with Crippen molar-refractivity contribution < 1.29 is 14.2 Å². The number of fused-ring (bicyclic) bond motifs is 1. The van der Waals surface area contributed by atoms with Crippen LogP contribution in [0.15, 0.2) is 60.7 Å². The number of hydrogen-bond donors (Lipinski definition) is 0. The molecule has 7 nitrogen and oxygen atoms in total. The summed E-state index contributed by atoms with van der Waals surface area (Å²) in [5, 5.41) is 0. The van der Waals surface area contributed by atoms with Crippen LogP contribution in [0.25, 0.3) is 22.4 Å². The van der Waals surface area contributed by atoms with Crippen molar-refractivity contribution >= 4 is 11.0 Å². The molecule has 2 aliphatic rings. The van der Waals surface area contributed by atoms with E-state index in [2.05, 4.69) is 88.9 Å². The second kappa shape index (κ2) is 18.1. The first-order valence-corrected chi connectivity index (χ1v) is 18.2. The molecule has 0 amide bonds. The molecule has 6 rings (SSSR count). The smallest absolute Gasteiger partial charge is 0.150 e. The van der Waals surface area contributed by atoms with Gasteiger partial charge in [-0.2, -0.15) is 0 Å². The molecule has 3 aromatic carbocycles. The molecule has 0 N–H and O–H groups in total. The molecule has 2 aliphatic heterocycles. The van der Waals surface area contributed by atoms with Crippen molar-refractivity contribution in [2.24, 2.45) is 0 Å². The molecule has 2 saturated heterocycles. The highest BCUT2D eigenvalue weighted by molar-refractivity contribution is 5.87. The molecule has 3 heterocycles. The van der Waals surface area contributed by atoms with E-state index in [0.717, 1.165) is 78.6 Å². The second-order valence-corrected chi connectivity index (χ2v) is 12.6. The van der Waals surface area contributed by atoms with E-state index in [9.17, 15) is 0 Å². The number of unbranched alkanes of at least 4 members (excludes halogenated alkanes) is 1. The summed E-state index contributed by atoms with van der Waals surface area (Å²) in [5.41, 5.74) is 5.63. The number of nitrogens with zero attached hydrogens (tertiary/aromatic N) is 4. The van der Waals surface area contributed by atoms with Gasteiger partial charge in [0.15, 0.2) is 5.75 Å². The lowest BCUT2D eigenvalue weighted by Crippen LogP contribution is -2.25. The third-order valence-corrected chi connectivity index (χ3v) is 9.16. The maximum Gasteiger partial charge on any atom is 0.150 e. The van der Waals surface area contributed by atoms with E-state index in [1.807, 2.05) is 13.8 Å². The maximum atomic E-state index is 6.49. The molecule has 0 unspecified atom stereocenters. The maximum absolute atomic E-state index is 6.49. The van der Waals surface area contributed by atoms with Gasteiger partial charge in [0, 0.05) is 43.8 Å². The first kappa shape index (κ1) is 34.8. The topological polar surface area (TPSA) is 52.0 Å². The van der Waals surface area contributed by atoms with Gasteiger partial charge in [0.1, 0.15) is 36.1 Å². The molecule has 47 heavy (non-hydrogen) atoms. The van der Waals surface area contributed by atoms with Crippen LogP contribution in [-0.2, 0) is 13.0 Å². The molecule has 7 heteroatoms. The third-order valence-electron chi connectivity index (χ3n) is 9.16. The zero-order valence-corrected chi connectivity index (χ0v) is 29.3. The standard InChI is InChI=1S/C38H50N4O3.C2H6/c1-3-4-22-42-35-28-34(44-26-23-40-18-5-6-19-40)29-36(45-27-24-41-20-7-8-21-41)37(35)39-38(42)32-13-15-33(16-14-32)43-25-17-31-11-9-30(2)10-12-31;1-2/h9-16,28-29H,3-8,17-27H2,1-2H3;1-2H3. The minimum Gasteiger partial charge on any atom is -0.493 e. The van der Waals surface area contributed by atoms with Crippen molar-refractivity contribution in [2.45, 2.75) is 79.2 Å². The molecule has 2 fully saturated rings. The van der Waals surface area contributed by atoms with E-state index in [1.165, 1.54) is 63.0 Å². The van der Waals surface area contributed by atoms with Crippen molar-refractivity contribution in [1.82, 2.24) is 19.4 Å². The van der Waals surface area contributed by atoms with Gasteiger partial charge in [-0.05, 0) is 95.0 Å². The molecule has 0 spiro atoms. The normalized spacial score (nSPS) is 15.1. The lowest BCUT2D eigenvalue weighted by atomic mass is 10.1. The van der Waals surface area contributed by atoms with Crippen molar-refractivity contribution in [3.05, 3.63) is 71.8 Å². The summed E-state index contributed by atoms with van der Waals surface area (Å²) < 4.78 is 21.3. The number of benzene rings is 3. The number of aromatic nitrogens is 2. The molecule has 1 aromatic heterocycles. The molecular formula is C40H56N4O3. The van der Waals surface area contributed by atoms with Crippen LogP contribution in [-0.4, -0.2) is 78.4 Å². The van der Waals surface area contributed by atoms with Crippen molar-refractivity contribution in [1.29, 1.82) is 0 Å². The van der Waals surface area contributed by atoms with Crippen molar-refractivity contribution in [3.63, 3.8) is 0 Å². The average Bonchev–Trinajstić information content (AvgIpc) is 3.89. The van der Waals surface area contributed by atoms with Gasteiger partial charge in [-0.1, -0.05) is 57.0 Å². The van der Waals surface area contributed by atoms with E-state index in [4.69, 9.17) is 19.2 Å². The van der Waals surface area contributed by atoms with Crippen molar-refractivity contribution in [2.75, 3.05) is 59.1 Å². The number of rotatable bonds is 16. The molecule has 0 radical (unpaired) electrons. The van der Waals surface area contributed by atoms with Gasteiger partial charge in [-0.15, -0.1) is 0 Å². The Morgan fingerprint density at radius 2 is 1.30 bits per heavy atom. The van der Waals surface area contributed by atoms with Crippen LogP contribution in [0, 0.1) is 6.92 Å². The number of hydrogen-bond acceptors (Lipinski definition) is 6. The fourth-order valence-electron chi connectivity index (χ4n) is 6.45. The van der Waals surface area contributed by atoms with Gasteiger partial charge in [-0.3, -0.25) is 9.80 Å². The predicted molar refractivity (Wildman–Crippen MR) is 194 cm³/mol. The van der Waals surface area contributed by atoms with Crippen LogP contribution >= 0.6 is 0 Å². The van der Waals surface area contributed by atoms with Gasteiger partial charge >= 0.3 is 0 Å². The van der Waals surface area contributed by atoms with Gasteiger partial charge in [-0.25, -0.2) is 4.98 Å². The highest BCUT2D eigenvalue weighted by Gasteiger charge is 2.20. The zero-order chi connectivity index (χ0) is 32.8. The Balaban J connectivity index is 0.00000213. The van der Waals surface area contributed by atoms with Crippen LogP contribution in [0.5, 0.6) is 17.2 Å². The number of imidazole rings is 1.